The Morgan fingerprint density at radius 2 is 1.59 bits per heavy atom. The number of hydrogen-bond donors (Lipinski definition) is 4. The number of rotatable bonds is 0. The highest BCUT2D eigenvalue weighted by molar-refractivity contribution is 5.49. The molecular weight excluding hydrogens is 460 g/mol. The van der Waals surface area contributed by atoms with Crippen molar-refractivity contribution in [3.63, 3.8) is 0 Å². The number of nitrogens with two attached hydrogens (primary N) is 1. The molecule has 2 aromatic heterocycles. The standard InChI is InChI=1S/C16H20N2O.C15H18N2O/c1-10-7-11-8-14-13(4-5-15(19)18-14)16(9-10)12(11)3-2-6-17-16;1-3-11-10-6-9(2)8-15(11,16)12-4-5-14(18)17-13(12)7-10/h4-5,7,11-12,17H,2-3,6,8-9H2,1H3,(H,18,19);3-6,10H,7-8,16H2,1-2H3,(H,17,18)/b;11-3+/t11?,12-,16-;10-,15+/m10/s1. The molecule has 1 saturated heterocycles. The second-order valence-electron chi connectivity index (χ2n) is 11.9. The predicted octanol–water partition coefficient (Wildman–Crippen LogP) is 4.09. The largest absolute Gasteiger partial charge is 0.326 e. The lowest BCUT2D eigenvalue weighted by Crippen LogP contribution is -2.58. The molecule has 4 bridgehead atoms. The number of aromatic nitrogens is 2. The molecule has 2 aromatic rings. The van der Waals surface area contributed by atoms with E-state index in [-0.39, 0.29) is 16.7 Å². The summed E-state index contributed by atoms with van der Waals surface area (Å²) in [5.74, 6) is 1.62. The number of fused-ring (bicyclic) bond motifs is 5. The third kappa shape index (κ3) is 3.84. The molecule has 5 atom stereocenters. The minimum Gasteiger partial charge on any atom is -0.326 e. The van der Waals surface area contributed by atoms with Gasteiger partial charge in [-0.3, -0.25) is 9.59 Å². The molecule has 1 unspecified atom stereocenters. The molecule has 0 amide bonds. The van der Waals surface area contributed by atoms with Crippen molar-refractivity contribution in [2.75, 3.05) is 6.54 Å². The molecule has 3 heterocycles. The molecule has 5 aliphatic rings. The third-order valence-electron chi connectivity index (χ3n) is 9.43. The molecule has 0 radical (unpaired) electrons. The van der Waals surface area contributed by atoms with Crippen molar-refractivity contribution in [3.05, 3.63) is 102 Å². The Morgan fingerprint density at radius 1 is 0.919 bits per heavy atom. The minimum atomic E-state index is -0.434. The van der Waals surface area contributed by atoms with Gasteiger partial charge >= 0.3 is 0 Å². The van der Waals surface area contributed by atoms with Crippen molar-refractivity contribution in [2.45, 2.75) is 70.4 Å². The first-order valence-corrected chi connectivity index (χ1v) is 13.7. The maximum atomic E-state index is 11.6. The normalized spacial score (nSPS) is 34.2. The molecule has 0 aromatic carbocycles. The monoisotopic (exact) mass is 498 g/mol. The summed E-state index contributed by atoms with van der Waals surface area (Å²) in [5, 5.41) is 3.81. The highest BCUT2D eigenvalue weighted by Crippen LogP contribution is 2.52. The van der Waals surface area contributed by atoms with Crippen LogP contribution in [0.2, 0.25) is 0 Å². The lowest BCUT2D eigenvalue weighted by Gasteiger charge is -2.54. The van der Waals surface area contributed by atoms with Gasteiger partial charge in [0.15, 0.2) is 0 Å². The summed E-state index contributed by atoms with van der Waals surface area (Å²) in [5.41, 5.74) is 15.0. The van der Waals surface area contributed by atoms with Crippen LogP contribution in [-0.2, 0) is 23.9 Å². The van der Waals surface area contributed by atoms with Crippen LogP contribution in [0.15, 0.2) is 68.8 Å². The first kappa shape index (κ1) is 24.4. The maximum absolute atomic E-state index is 11.6. The number of aromatic amines is 2. The number of nitrogens with one attached hydrogen (secondary N) is 3. The van der Waals surface area contributed by atoms with Crippen molar-refractivity contribution < 1.29 is 0 Å². The van der Waals surface area contributed by atoms with E-state index in [4.69, 9.17) is 5.73 Å². The fourth-order valence-electron chi connectivity index (χ4n) is 8.26. The summed E-state index contributed by atoms with van der Waals surface area (Å²) in [6.07, 6.45) is 13.2. The molecule has 0 spiro atoms. The van der Waals surface area contributed by atoms with Crippen molar-refractivity contribution in [1.29, 1.82) is 0 Å². The second kappa shape index (κ2) is 8.81. The fourth-order valence-corrected chi connectivity index (χ4v) is 8.26. The van der Waals surface area contributed by atoms with E-state index in [0.29, 0.717) is 17.8 Å². The minimum absolute atomic E-state index is 0.0307. The zero-order valence-electron chi connectivity index (χ0n) is 22.1. The number of H-pyrrole nitrogens is 2. The molecule has 7 rings (SSSR count). The number of pyridine rings is 2. The van der Waals surface area contributed by atoms with Gasteiger partial charge in [0.05, 0.1) is 11.1 Å². The van der Waals surface area contributed by atoms with Crippen LogP contribution >= 0.6 is 0 Å². The van der Waals surface area contributed by atoms with E-state index >= 15 is 0 Å². The van der Waals surface area contributed by atoms with E-state index in [1.165, 1.54) is 35.1 Å². The van der Waals surface area contributed by atoms with Crippen LogP contribution in [0.3, 0.4) is 0 Å². The van der Waals surface area contributed by atoms with Crippen LogP contribution in [0.25, 0.3) is 0 Å². The van der Waals surface area contributed by atoms with E-state index in [9.17, 15) is 9.59 Å². The second-order valence-corrected chi connectivity index (χ2v) is 11.9. The molecule has 194 valence electrons. The van der Waals surface area contributed by atoms with Gasteiger partial charge in [0, 0.05) is 29.4 Å². The first-order chi connectivity index (χ1) is 17.7. The molecule has 37 heavy (non-hydrogen) atoms. The van der Waals surface area contributed by atoms with Gasteiger partial charge in [0.2, 0.25) is 11.1 Å². The van der Waals surface area contributed by atoms with Crippen molar-refractivity contribution in [2.24, 2.45) is 23.5 Å². The van der Waals surface area contributed by atoms with Gasteiger partial charge < -0.3 is 21.0 Å². The Labute approximate surface area is 218 Å². The Kier molecular flexibility index (Phi) is 5.81. The molecule has 6 nitrogen and oxygen atoms in total. The third-order valence-corrected chi connectivity index (χ3v) is 9.43. The highest BCUT2D eigenvalue weighted by atomic mass is 16.1. The van der Waals surface area contributed by atoms with Crippen LogP contribution in [-0.4, -0.2) is 16.5 Å². The smallest absolute Gasteiger partial charge is 0.248 e. The van der Waals surface area contributed by atoms with Gasteiger partial charge in [-0.2, -0.15) is 0 Å². The van der Waals surface area contributed by atoms with E-state index in [2.05, 4.69) is 60.4 Å². The molecule has 1 aliphatic heterocycles. The number of hydrogen-bond acceptors (Lipinski definition) is 4. The maximum Gasteiger partial charge on any atom is 0.248 e. The zero-order valence-corrected chi connectivity index (χ0v) is 22.1. The quantitative estimate of drug-likeness (QED) is 0.411. The van der Waals surface area contributed by atoms with Crippen LogP contribution in [0.5, 0.6) is 0 Å². The topological polar surface area (TPSA) is 104 Å². The number of piperidine rings is 1. The zero-order chi connectivity index (χ0) is 25.9. The van der Waals surface area contributed by atoms with Crippen LogP contribution in [0, 0.1) is 17.8 Å². The molecule has 6 heteroatoms. The van der Waals surface area contributed by atoms with Gasteiger partial charge in [-0.25, -0.2) is 0 Å². The van der Waals surface area contributed by atoms with Gasteiger partial charge in [0.25, 0.3) is 0 Å². The fraction of sp³-hybridized carbons (Fsp3) is 0.484. The SMILES string of the molecule is C/C=C1\[C@H]2C=C(C)C[C@]1(N)c1ccc(=O)[nH]c1C2.CC1=CC2Cc3[nH]c(=O)ccc3[C@]3(C1)NCCC[C@H]23. The Hall–Kier alpha value is -2.96. The van der Waals surface area contributed by atoms with Gasteiger partial charge in [-0.1, -0.05) is 29.4 Å². The average molecular weight is 499 g/mol. The highest BCUT2D eigenvalue weighted by Gasteiger charge is 2.51. The predicted molar refractivity (Wildman–Crippen MR) is 147 cm³/mol. The Bertz CT molecular complexity index is 1460. The molecule has 0 saturated carbocycles. The van der Waals surface area contributed by atoms with Gasteiger partial charge in [0.1, 0.15) is 0 Å². The van der Waals surface area contributed by atoms with Gasteiger partial charge in [-0.15, -0.1) is 0 Å². The van der Waals surface area contributed by atoms with Crippen molar-refractivity contribution in [3.8, 4) is 0 Å². The molecule has 5 N–H and O–H groups in total. The van der Waals surface area contributed by atoms with E-state index in [1.807, 2.05) is 6.07 Å². The van der Waals surface area contributed by atoms with Crippen LogP contribution in [0.1, 0.15) is 69.0 Å². The lowest BCUT2D eigenvalue weighted by atomic mass is 9.57. The van der Waals surface area contributed by atoms with E-state index in [1.54, 1.807) is 12.1 Å². The summed E-state index contributed by atoms with van der Waals surface area (Å²) in [6, 6.07) is 7.23. The van der Waals surface area contributed by atoms with E-state index in [0.717, 1.165) is 49.2 Å². The summed E-state index contributed by atoms with van der Waals surface area (Å²) in [4.78, 5) is 29.1. The van der Waals surface area contributed by atoms with Crippen molar-refractivity contribution >= 4 is 0 Å². The Morgan fingerprint density at radius 3 is 2.32 bits per heavy atom. The number of allylic oxidation sites excluding steroid dienone is 3. The summed E-state index contributed by atoms with van der Waals surface area (Å²) < 4.78 is 0. The van der Waals surface area contributed by atoms with Crippen LogP contribution < -0.4 is 22.2 Å². The molecule has 1 fully saturated rings. The molecule has 4 aliphatic carbocycles. The average Bonchev–Trinajstić information content (AvgIpc) is 2.83. The summed E-state index contributed by atoms with van der Waals surface area (Å²) >= 11 is 0. The molecular formula is C31H38N4O2. The summed E-state index contributed by atoms with van der Waals surface area (Å²) in [7, 11) is 0. The lowest BCUT2D eigenvalue weighted by molar-refractivity contribution is 0.0883. The van der Waals surface area contributed by atoms with Crippen LogP contribution in [0.4, 0.5) is 0 Å². The van der Waals surface area contributed by atoms with Crippen molar-refractivity contribution in [1.82, 2.24) is 15.3 Å². The Balaban J connectivity index is 0.000000136. The van der Waals surface area contributed by atoms with Gasteiger partial charge in [-0.05, 0) is 107 Å². The first-order valence-electron chi connectivity index (χ1n) is 13.7. The summed E-state index contributed by atoms with van der Waals surface area (Å²) in [6.45, 7) is 7.53. The van der Waals surface area contributed by atoms with E-state index < -0.39 is 5.54 Å².